The number of aromatic carboxylic acids is 1. The van der Waals surface area contributed by atoms with Gasteiger partial charge in [0.1, 0.15) is 5.69 Å². The third kappa shape index (κ3) is 5.71. The molecular formula is C28H24BrNO7S. The summed E-state index contributed by atoms with van der Waals surface area (Å²) in [7, 11) is -2.39. The molecule has 0 fully saturated rings. The molecule has 0 radical (unpaired) electrons. The van der Waals surface area contributed by atoms with Crippen molar-refractivity contribution in [3.63, 3.8) is 0 Å². The largest absolute Gasteiger partial charge is 0.477 e. The number of esters is 1. The number of nitrogens with zero attached hydrogens (tertiary/aromatic N) is 1. The van der Waals surface area contributed by atoms with Gasteiger partial charge in [-0.15, -0.1) is 0 Å². The van der Waals surface area contributed by atoms with E-state index in [-0.39, 0.29) is 35.7 Å². The number of hydrogen-bond acceptors (Lipinski definition) is 6. The van der Waals surface area contributed by atoms with E-state index in [0.29, 0.717) is 31.9 Å². The number of pyridine rings is 1. The van der Waals surface area contributed by atoms with Crippen molar-refractivity contribution in [3.05, 3.63) is 98.9 Å². The summed E-state index contributed by atoms with van der Waals surface area (Å²) < 4.78 is 31.8. The molecule has 4 rings (SSSR count). The van der Waals surface area contributed by atoms with Crippen molar-refractivity contribution in [1.82, 2.24) is 4.57 Å². The number of carboxylic acids is 1. The topological polar surface area (TPSA) is 120 Å². The third-order valence-corrected chi connectivity index (χ3v) is 8.45. The molecule has 8 nitrogen and oxygen atoms in total. The van der Waals surface area contributed by atoms with Crippen molar-refractivity contribution >= 4 is 48.5 Å². The van der Waals surface area contributed by atoms with Gasteiger partial charge in [-0.25, -0.2) is 13.2 Å². The number of aromatic nitrogens is 1. The number of fused-ring (bicyclic) bond motifs is 1. The number of methoxy groups -OCH3 is 1. The zero-order valence-corrected chi connectivity index (χ0v) is 22.8. The molecule has 0 aliphatic heterocycles. The van der Waals surface area contributed by atoms with Gasteiger partial charge < -0.3 is 9.84 Å². The molecule has 0 aliphatic rings. The monoisotopic (exact) mass is 597 g/mol. The Kier molecular flexibility index (Phi) is 8.13. The highest BCUT2D eigenvalue weighted by atomic mass is 79.9. The maximum absolute atomic E-state index is 13.5. The number of sulfone groups is 1. The number of halogens is 1. The SMILES string of the molecule is COC(=O)CCCS(=O)(=O)c1ccc(Cn2c(C(=O)O)c(-c3ccccc3)c3cc(Br)ccc3c2=O)cc1. The van der Waals surface area contributed by atoms with E-state index in [1.165, 1.54) is 23.8 Å². The van der Waals surface area contributed by atoms with Gasteiger partial charge in [-0.2, -0.15) is 0 Å². The molecule has 0 amide bonds. The smallest absolute Gasteiger partial charge is 0.353 e. The van der Waals surface area contributed by atoms with Crippen LogP contribution in [0.5, 0.6) is 0 Å². The van der Waals surface area contributed by atoms with Crippen LogP contribution in [0.1, 0.15) is 28.9 Å². The van der Waals surface area contributed by atoms with Gasteiger partial charge >= 0.3 is 11.9 Å². The zero-order chi connectivity index (χ0) is 27.4. The van der Waals surface area contributed by atoms with Gasteiger partial charge in [0.25, 0.3) is 5.56 Å². The lowest BCUT2D eigenvalue weighted by Crippen LogP contribution is -2.28. The van der Waals surface area contributed by atoms with Crippen LogP contribution in [-0.2, 0) is 25.9 Å². The average Bonchev–Trinajstić information content (AvgIpc) is 2.90. The number of benzene rings is 3. The quantitative estimate of drug-likeness (QED) is 0.272. The van der Waals surface area contributed by atoms with Crippen molar-refractivity contribution in [2.75, 3.05) is 12.9 Å². The van der Waals surface area contributed by atoms with Crippen molar-refractivity contribution in [2.45, 2.75) is 24.3 Å². The van der Waals surface area contributed by atoms with Crippen molar-refractivity contribution in [3.8, 4) is 11.1 Å². The Labute approximate surface area is 227 Å². The Morgan fingerprint density at radius 2 is 1.66 bits per heavy atom. The standard InChI is InChI=1S/C28H24BrNO7S/c1-37-24(31)8-5-15-38(35,36)21-12-9-18(10-13-21)17-30-26(28(33)34)25(19-6-3-2-4-7-19)23-16-20(29)11-14-22(23)27(30)32/h2-4,6-7,9-14,16H,5,8,15,17H2,1H3,(H,33,34). The molecule has 10 heteroatoms. The van der Waals surface area contributed by atoms with Crippen LogP contribution in [0.15, 0.2) is 87.0 Å². The molecule has 1 N–H and O–H groups in total. The van der Waals surface area contributed by atoms with E-state index in [0.717, 1.165) is 0 Å². The van der Waals surface area contributed by atoms with Crippen LogP contribution in [0.2, 0.25) is 0 Å². The predicted octanol–water partition coefficient (Wildman–Crippen LogP) is 4.90. The number of carbonyl (C=O) groups excluding carboxylic acids is 1. The first kappa shape index (κ1) is 27.3. The summed E-state index contributed by atoms with van der Waals surface area (Å²) in [5.74, 6) is -1.95. The summed E-state index contributed by atoms with van der Waals surface area (Å²) in [5, 5.41) is 11.1. The lowest BCUT2D eigenvalue weighted by Gasteiger charge is -2.18. The molecule has 38 heavy (non-hydrogen) atoms. The van der Waals surface area contributed by atoms with Crippen LogP contribution in [0.25, 0.3) is 21.9 Å². The second kappa shape index (κ2) is 11.3. The Bertz CT molecular complexity index is 1680. The molecule has 0 saturated heterocycles. The van der Waals surface area contributed by atoms with Crippen LogP contribution >= 0.6 is 15.9 Å². The number of hydrogen-bond donors (Lipinski definition) is 1. The number of ether oxygens (including phenoxy) is 1. The van der Waals surface area contributed by atoms with Gasteiger partial charge in [-0.3, -0.25) is 14.2 Å². The van der Waals surface area contributed by atoms with E-state index in [2.05, 4.69) is 20.7 Å². The fraction of sp³-hybridized carbons (Fsp3) is 0.179. The predicted molar refractivity (Wildman–Crippen MR) is 147 cm³/mol. The fourth-order valence-corrected chi connectivity index (χ4v) is 5.97. The first-order chi connectivity index (χ1) is 18.1. The van der Waals surface area contributed by atoms with E-state index in [1.54, 1.807) is 54.6 Å². The van der Waals surface area contributed by atoms with Crippen LogP contribution in [0, 0.1) is 0 Å². The zero-order valence-electron chi connectivity index (χ0n) is 20.4. The average molecular weight is 598 g/mol. The van der Waals surface area contributed by atoms with Crippen LogP contribution in [0.3, 0.4) is 0 Å². The lowest BCUT2D eigenvalue weighted by atomic mass is 9.96. The number of rotatable bonds is 9. The molecule has 1 heterocycles. The normalized spacial score (nSPS) is 11.4. The molecule has 0 aliphatic carbocycles. The van der Waals surface area contributed by atoms with Gasteiger partial charge in [0.05, 0.1) is 24.3 Å². The van der Waals surface area contributed by atoms with E-state index in [9.17, 15) is 27.9 Å². The Morgan fingerprint density at radius 3 is 2.29 bits per heavy atom. The molecule has 0 unspecified atom stereocenters. The Hall–Kier alpha value is -3.76. The minimum atomic E-state index is -3.63. The second-order valence-corrected chi connectivity index (χ2v) is 11.6. The first-order valence-corrected chi connectivity index (χ1v) is 14.1. The van der Waals surface area contributed by atoms with Crippen LogP contribution in [-0.4, -0.2) is 42.9 Å². The molecular weight excluding hydrogens is 574 g/mol. The van der Waals surface area contributed by atoms with E-state index >= 15 is 0 Å². The second-order valence-electron chi connectivity index (χ2n) is 8.62. The molecule has 0 atom stereocenters. The summed E-state index contributed by atoms with van der Waals surface area (Å²) >= 11 is 3.42. The molecule has 196 valence electrons. The van der Waals surface area contributed by atoms with Crippen molar-refractivity contribution in [2.24, 2.45) is 0 Å². The summed E-state index contributed by atoms with van der Waals surface area (Å²) in [6.07, 6.45) is 0.126. The highest BCUT2D eigenvalue weighted by Gasteiger charge is 2.23. The fourth-order valence-electron chi connectivity index (χ4n) is 4.30. The van der Waals surface area contributed by atoms with Gasteiger partial charge in [0.15, 0.2) is 9.84 Å². The number of carbonyl (C=O) groups is 2. The maximum Gasteiger partial charge on any atom is 0.353 e. The minimum absolute atomic E-state index is 0.00300. The van der Waals surface area contributed by atoms with Crippen molar-refractivity contribution in [1.29, 1.82) is 0 Å². The molecule has 0 bridgehead atoms. The summed E-state index contributed by atoms with van der Waals surface area (Å²) in [6, 6.07) is 20.1. The molecule has 3 aromatic carbocycles. The summed E-state index contributed by atoms with van der Waals surface area (Å²) in [6.45, 7) is -0.0744. The maximum atomic E-state index is 13.5. The van der Waals surface area contributed by atoms with Crippen LogP contribution in [0.4, 0.5) is 0 Å². The summed E-state index contributed by atoms with van der Waals surface area (Å²) in [5.41, 5.74) is 0.989. The van der Waals surface area contributed by atoms with Gasteiger partial charge in [0.2, 0.25) is 0 Å². The highest BCUT2D eigenvalue weighted by molar-refractivity contribution is 9.10. The third-order valence-electron chi connectivity index (χ3n) is 6.14. The lowest BCUT2D eigenvalue weighted by molar-refractivity contribution is -0.140. The molecule has 1 aromatic heterocycles. The highest BCUT2D eigenvalue weighted by Crippen LogP contribution is 2.33. The molecule has 0 spiro atoms. The molecule has 4 aromatic rings. The van der Waals surface area contributed by atoms with Gasteiger partial charge in [-0.1, -0.05) is 58.4 Å². The van der Waals surface area contributed by atoms with Gasteiger partial charge in [-0.05, 0) is 53.3 Å². The minimum Gasteiger partial charge on any atom is -0.477 e. The van der Waals surface area contributed by atoms with E-state index < -0.39 is 27.3 Å². The van der Waals surface area contributed by atoms with Gasteiger partial charge in [0, 0.05) is 21.8 Å². The Morgan fingerprint density at radius 1 is 0.974 bits per heavy atom. The van der Waals surface area contributed by atoms with E-state index in [1.807, 2.05) is 6.07 Å². The number of carboxylic acid groups (broad SMARTS) is 1. The first-order valence-electron chi connectivity index (χ1n) is 11.7. The van der Waals surface area contributed by atoms with Crippen molar-refractivity contribution < 1.29 is 27.9 Å². The Balaban J connectivity index is 1.77. The summed E-state index contributed by atoms with van der Waals surface area (Å²) in [4.78, 5) is 37.4. The van der Waals surface area contributed by atoms with E-state index in [4.69, 9.17) is 0 Å². The van der Waals surface area contributed by atoms with Crippen LogP contribution < -0.4 is 5.56 Å². The molecule has 0 saturated carbocycles.